The summed E-state index contributed by atoms with van der Waals surface area (Å²) in [4.78, 5) is 12.1. The predicted octanol–water partition coefficient (Wildman–Crippen LogP) is 3.03. The largest absolute Gasteiger partial charge is 0.325 e. The first-order valence-electron chi connectivity index (χ1n) is 8.29. The molecule has 1 aromatic heterocycles. The molecule has 3 rings (SSSR count). The number of nitrogens with one attached hydrogen (secondary N) is 2. The van der Waals surface area contributed by atoms with E-state index in [1.165, 1.54) is 0 Å². The van der Waals surface area contributed by atoms with Crippen molar-refractivity contribution >= 4 is 11.6 Å². The van der Waals surface area contributed by atoms with Crippen LogP contribution in [-0.2, 0) is 4.79 Å². The van der Waals surface area contributed by atoms with Gasteiger partial charge >= 0.3 is 0 Å². The average molecular weight is 345 g/mol. The fourth-order valence-electron chi connectivity index (χ4n) is 2.57. The molecule has 0 aliphatic heterocycles. The van der Waals surface area contributed by atoms with Gasteiger partial charge in [0.2, 0.25) is 5.91 Å². The highest BCUT2D eigenvalue weighted by molar-refractivity contribution is 5.92. The second-order valence-electron chi connectivity index (χ2n) is 5.89. The molecule has 0 spiro atoms. The van der Waals surface area contributed by atoms with E-state index < -0.39 is 0 Å². The quantitative estimate of drug-likeness (QED) is 0.719. The molecule has 2 aromatic carbocycles. The minimum Gasteiger partial charge on any atom is -0.325 e. The van der Waals surface area contributed by atoms with Crippen LogP contribution in [0.4, 0.5) is 5.69 Å². The number of hydrogen-bond donors (Lipinski definition) is 2. The zero-order valence-corrected chi connectivity index (χ0v) is 14.4. The SMILES string of the molecule is C[C@@H](NCC(=O)Nc1cccc(C#N)c1)c1ccc(-n2cccn2)cc1. The molecule has 3 aromatic rings. The molecule has 0 unspecified atom stereocenters. The maximum absolute atomic E-state index is 12.1. The third-order valence-electron chi connectivity index (χ3n) is 4.01. The second kappa shape index (κ2) is 8.10. The monoisotopic (exact) mass is 345 g/mol. The number of amides is 1. The van der Waals surface area contributed by atoms with E-state index in [2.05, 4.69) is 21.8 Å². The number of aromatic nitrogens is 2. The Kier molecular flexibility index (Phi) is 5.42. The Morgan fingerprint density at radius 3 is 2.73 bits per heavy atom. The molecule has 1 atom stereocenters. The van der Waals surface area contributed by atoms with E-state index in [0.29, 0.717) is 11.3 Å². The van der Waals surface area contributed by atoms with Gasteiger partial charge < -0.3 is 10.6 Å². The molecule has 26 heavy (non-hydrogen) atoms. The molecule has 6 heteroatoms. The van der Waals surface area contributed by atoms with Crippen molar-refractivity contribution in [3.05, 3.63) is 78.1 Å². The van der Waals surface area contributed by atoms with Crippen LogP contribution in [0.1, 0.15) is 24.1 Å². The van der Waals surface area contributed by atoms with Gasteiger partial charge in [-0.3, -0.25) is 4.79 Å². The number of carbonyl (C=O) groups is 1. The van der Waals surface area contributed by atoms with Gasteiger partial charge in [0.05, 0.1) is 23.9 Å². The molecular formula is C20H19N5O. The van der Waals surface area contributed by atoms with Gasteiger partial charge in [0, 0.05) is 24.1 Å². The fourth-order valence-corrected chi connectivity index (χ4v) is 2.57. The van der Waals surface area contributed by atoms with Crippen molar-refractivity contribution in [1.29, 1.82) is 5.26 Å². The highest BCUT2D eigenvalue weighted by atomic mass is 16.1. The van der Waals surface area contributed by atoms with Gasteiger partial charge in [-0.15, -0.1) is 0 Å². The minimum absolute atomic E-state index is 0.0258. The highest BCUT2D eigenvalue weighted by Crippen LogP contribution is 2.15. The number of rotatable bonds is 6. The summed E-state index contributed by atoms with van der Waals surface area (Å²) in [7, 11) is 0. The summed E-state index contributed by atoms with van der Waals surface area (Å²) in [5, 5.41) is 19.1. The molecule has 6 nitrogen and oxygen atoms in total. The van der Waals surface area contributed by atoms with Gasteiger partial charge in [0.1, 0.15) is 0 Å². The molecule has 2 N–H and O–H groups in total. The van der Waals surface area contributed by atoms with Crippen molar-refractivity contribution in [2.24, 2.45) is 0 Å². The molecule has 1 amide bonds. The minimum atomic E-state index is -0.153. The van der Waals surface area contributed by atoms with E-state index in [0.717, 1.165) is 11.3 Å². The summed E-state index contributed by atoms with van der Waals surface area (Å²) < 4.78 is 1.80. The lowest BCUT2D eigenvalue weighted by atomic mass is 10.1. The van der Waals surface area contributed by atoms with Gasteiger partial charge in [-0.05, 0) is 48.9 Å². The number of nitriles is 1. The third-order valence-corrected chi connectivity index (χ3v) is 4.01. The number of benzene rings is 2. The molecule has 0 saturated carbocycles. The molecule has 1 heterocycles. The van der Waals surface area contributed by atoms with Gasteiger partial charge in [0.25, 0.3) is 0 Å². The molecule has 0 aliphatic carbocycles. The number of hydrogen-bond acceptors (Lipinski definition) is 4. The lowest BCUT2D eigenvalue weighted by Crippen LogP contribution is -2.30. The van der Waals surface area contributed by atoms with E-state index >= 15 is 0 Å². The van der Waals surface area contributed by atoms with Crippen LogP contribution in [0.2, 0.25) is 0 Å². The summed E-state index contributed by atoms with van der Waals surface area (Å²) in [6.45, 7) is 2.19. The van der Waals surface area contributed by atoms with Crippen molar-refractivity contribution in [2.75, 3.05) is 11.9 Å². The lowest BCUT2D eigenvalue weighted by molar-refractivity contribution is -0.115. The van der Waals surface area contributed by atoms with E-state index in [4.69, 9.17) is 5.26 Å². The molecule has 0 saturated heterocycles. The Labute approximate surface area is 152 Å². The summed E-state index contributed by atoms with van der Waals surface area (Å²) in [6.07, 6.45) is 3.63. The van der Waals surface area contributed by atoms with E-state index in [1.54, 1.807) is 35.1 Å². The predicted molar refractivity (Wildman–Crippen MR) is 99.8 cm³/mol. The van der Waals surface area contributed by atoms with Crippen molar-refractivity contribution in [3.63, 3.8) is 0 Å². The first-order valence-corrected chi connectivity index (χ1v) is 8.29. The normalized spacial score (nSPS) is 11.5. The smallest absolute Gasteiger partial charge is 0.238 e. The van der Waals surface area contributed by atoms with Gasteiger partial charge in [0.15, 0.2) is 0 Å². The van der Waals surface area contributed by atoms with Gasteiger partial charge in [-0.25, -0.2) is 4.68 Å². The number of carbonyl (C=O) groups excluding carboxylic acids is 1. The van der Waals surface area contributed by atoms with E-state index in [9.17, 15) is 4.79 Å². The number of nitrogens with zero attached hydrogens (tertiary/aromatic N) is 3. The van der Waals surface area contributed by atoms with Crippen LogP contribution in [0.25, 0.3) is 5.69 Å². The van der Waals surface area contributed by atoms with Crippen molar-refractivity contribution in [3.8, 4) is 11.8 Å². The third kappa shape index (κ3) is 4.35. The van der Waals surface area contributed by atoms with E-state index in [-0.39, 0.29) is 18.5 Å². The van der Waals surface area contributed by atoms with Crippen LogP contribution in [0, 0.1) is 11.3 Å². The first kappa shape index (κ1) is 17.4. The summed E-state index contributed by atoms with van der Waals surface area (Å²) in [5.74, 6) is -0.153. The van der Waals surface area contributed by atoms with Gasteiger partial charge in [-0.1, -0.05) is 18.2 Å². The van der Waals surface area contributed by atoms with Crippen LogP contribution in [-0.4, -0.2) is 22.2 Å². The second-order valence-corrected chi connectivity index (χ2v) is 5.89. The lowest BCUT2D eigenvalue weighted by Gasteiger charge is -2.15. The summed E-state index contributed by atoms with van der Waals surface area (Å²) >= 11 is 0. The standard InChI is InChI=1S/C20H19N5O/c1-15(17-6-8-19(9-7-17)25-11-3-10-23-25)22-14-20(26)24-18-5-2-4-16(12-18)13-21/h2-12,15,22H,14H2,1H3,(H,24,26)/t15-/m1/s1. The van der Waals surface area contributed by atoms with Crippen LogP contribution in [0.3, 0.4) is 0 Å². The van der Waals surface area contributed by atoms with Crippen molar-refractivity contribution < 1.29 is 4.79 Å². The van der Waals surface area contributed by atoms with Crippen LogP contribution in [0.15, 0.2) is 67.0 Å². The highest BCUT2D eigenvalue weighted by Gasteiger charge is 2.09. The molecular weight excluding hydrogens is 326 g/mol. The Bertz CT molecular complexity index is 910. The maximum Gasteiger partial charge on any atom is 0.238 e. The van der Waals surface area contributed by atoms with Gasteiger partial charge in [-0.2, -0.15) is 10.4 Å². The topological polar surface area (TPSA) is 82.7 Å². The fraction of sp³-hybridized carbons (Fsp3) is 0.150. The Morgan fingerprint density at radius 1 is 1.23 bits per heavy atom. The molecule has 0 aliphatic rings. The van der Waals surface area contributed by atoms with Crippen molar-refractivity contribution in [1.82, 2.24) is 15.1 Å². The first-order chi connectivity index (χ1) is 12.7. The Morgan fingerprint density at radius 2 is 2.04 bits per heavy atom. The Hall–Kier alpha value is -3.43. The average Bonchev–Trinajstić information content (AvgIpc) is 3.21. The maximum atomic E-state index is 12.1. The summed E-state index contributed by atoms with van der Waals surface area (Å²) in [6, 6.07) is 18.8. The number of anilines is 1. The molecule has 0 bridgehead atoms. The molecule has 0 fully saturated rings. The van der Waals surface area contributed by atoms with Crippen LogP contribution >= 0.6 is 0 Å². The molecule has 130 valence electrons. The zero-order valence-electron chi connectivity index (χ0n) is 14.4. The summed E-state index contributed by atoms with van der Waals surface area (Å²) in [5.41, 5.74) is 3.20. The van der Waals surface area contributed by atoms with Crippen LogP contribution in [0.5, 0.6) is 0 Å². The zero-order chi connectivity index (χ0) is 18.4. The molecule has 0 radical (unpaired) electrons. The Balaban J connectivity index is 1.54. The van der Waals surface area contributed by atoms with Crippen LogP contribution < -0.4 is 10.6 Å². The van der Waals surface area contributed by atoms with Crippen molar-refractivity contribution in [2.45, 2.75) is 13.0 Å². The van der Waals surface area contributed by atoms with E-state index in [1.807, 2.05) is 43.5 Å².